The van der Waals surface area contributed by atoms with Crippen LogP contribution in [0, 0.1) is 5.82 Å². The number of amides is 3. The molecule has 0 aliphatic heterocycles. The Morgan fingerprint density at radius 3 is 1.94 bits per heavy atom. The van der Waals surface area contributed by atoms with Crippen molar-refractivity contribution in [2.24, 2.45) is 0 Å². The molecule has 1 unspecified atom stereocenters. The Balaban J connectivity index is 1.58. The van der Waals surface area contributed by atoms with Crippen molar-refractivity contribution in [1.29, 1.82) is 0 Å². The SMILES string of the molecule is O=C(Nc1ccccc1[As])c1ccc(C(C(=O)Nc2ccccc2)C(=O)Nc2cccc(F)c2)cc1. The van der Waals surface area contributed by atoms with Crippen LogP contribution in [-0.4, -0.2) is 34.6 Å². The van der Waals surface area contributed by atoms with Gasteiger partial charge < -0.3 is 0 Å². The molecule has 4 rings (SSSR count). The molecule has 178 valence electrons. The van der Waals surface area contributed by atoms with Crippen LogP contribution >= 0.6 is 0 Å². The second kappa shape index (κ2) is 11.5. The normalized spacial score (nSPS) is 11.3. The molecule has 0 saturated heterocycles. The van der Waals surface area contributed by atoms with Crippen LogP contribution in [-0.2, 0) is 9.59 Å². The van der Waals surface area contributed by atoms with Crippen LogP contribution in [0.5, 0.6) is 0 Å². The number of rotatable bonds is 7. The zero-order valence-electron chi connectivity index (χ0n) is 18.9. The fourth-order valence-corrected chi connectivity index (χ4v) is 3.99. The molecule has 4 aromatic carbocycles. The van der Waals surface area contributed by atoms with Crippen molar-refractivity contribution in [1.82, 2.24) is 0 Å². The summed E-state index contributed by atoms with van der Waals surface area (Å²) in [4.78, 5) is 39.1. The van der Waals surface area contributed by atoms with E-state index in [9.17, 15) is 18.8 Å². The number of hydrogen-bond donors (Lipinski definition) is 3. The van der Waals surface area contributed by atoms with E-state index >= 15 is 0 Å². The Morgan fingerprint density at radius 1 is 0.667 bits per heavy atom. The number of benzene rings is 4. The molecule has 36 heavy (non-hydrogen) atoms. The number of para-hydroxylation sites is 2. The predicted octanol–water partition coefficient (Wildman–Crippen LogP) is 4.23. The summed E-state index contributed by atoms with van der Waals surface area (Å²) in [5.41, 5.74) is 2.16. The number of carbonyl (C=O) groups is 3. The van der Waals surface area contributed by atoms with Gasteiger partial charge in [0.25, 0.3) is 0 Å². The Hall–Kier alpha value is -4.22. The number of hydrogen-bond acceptors (Lipinski definition) is 3. The Bertz CT molecular complexity index is 1390. The Morgan fingerprint density at radius 2 is 1.28 bits per heavy atom. The van der Waals surface area contributed by atoms with Gasteiger partial charge in [-0.1, -0.05) is 24.3 Å². The standard InChI is InChI=1S/C28H21AsFN3O3/c29-23-11-4-5-12-24(23)33-26(34)19-15-13-18(14-16-19)25(27(35)31-21-8-2-1-3-9-21)28(36)32-22-10-6-7-20(30)17-22/h1-17,25H,(H,31,35)(H,32,36)(H,33,34). The van der Waals surface area contributed by atoms with E-state index in [1.807, 2.05) is 24.3 Å². The fraction of sp³-hybridized carbons (Fsp3) is 0.0357. The molecule has 0 heterocycles. The number of carbonyl (C=O) groups excluding carboxylic acids is 3. The van der Waals surface area contributed by atoms with Gasteiger partial charge in [-0.3, -0.25) is 0 Å². The number of nitrogens with one attached hydrogen (secondary N) is 3. The van der Waals surface area contributed by atoms with Crippen molar-refractivity contribution in [3.05, 3.63) is 120 Å². The van der Waals surface area contributed by atoms with Crippen LogP contribution < -0.4 is 20.3 Å². The first kappa shape index (κ1) is 24.9. The maximum atomic E-state index is 13.6. The zero-order chi connectivity index (χ0) is 25.5. The third kappa shape index (κ3) is 6.26. The molecule has 3 N–H and O–H groups in total. The van der Waals surface area contributed by atoms with Crippen LogP contribution in [0.3, 0.4) is 0 Å². The van der Waals surface area contributed by atoms with Crippen LogP contribution in [0.2, 0.25) is 0 Å². The van der Waals surface area contributed by atoms with E-state index in [0.717, 1.165) is 4.35 Å². The molecule has 0 aromatic heterocycles. The molecule has 0 fully saturated rings. The van der Waals surface area contributed by atoms with Gasteiger partial charge in [0.2, 0.25) is 0 Å². The molecule has 0 aliphatic rings. The van der Waals surface area contributed by atoms with Crippen LogP contribution in [0.4, 0.5) is 21.5 Å². The second-order valence-corrected chi connectivity index (χ2v) is 8.89. The molecule has 6 nitrogen and oxygen atoms in total. The molecule has 3 amide bonds. The molecule has 0 aliphatic carbocycles. The van der Waals surface area contributed by atoms with Crippen molar-refractivity contribution < 1.29 is 18.8 Å². The summed E-state index contributed by atoms with van der Waals surface area (Å²) in [5.74, 6) is -3.29. The van der Waals surface area contributed by atoms with Crippen molar-refractivity contribution in [3.8, 4) is 0 Å². The van der Waals surface area contributed by atoms with Crippen molar-refractivity contribution >= 4 is 56.0 Å². The van der Waals surface area contributed by atoms with Crippen LogP contribution in [0.1, 0.15) is 21.8 Å². The Labute approximate surface area is 216 Å². The average Bonchev–Trinajstić information content (AvgIpc) is 2.86. The molecule has 2 radical (unpaired) electrons. The van der Waals surface area contributed by atoms with E-state index in [1.165, 1.54) is 24.3 Å². The Kier molecular flexibility index (Phi) is 7.93. The topological polar surface area (TPSA) is 87.3 Å². The summed E-state index contributed by atoms with van der Waals surface area (Å²) in [6.45, 7) is 0. The molecule has 4 aromatic rings. The molecular weight excluding hydrogens is 520 g/mol. The fourth-order valence-electron chi connectivity index (χ4n) is 3.54. The van der Waals surface area contributed by atoms with Crippen molar-refractivity contribution in [2.75, 3.05) is 16.0 Å². The van der Waals surface area contributed by atoms with Gasteiger partial charge in [-0.25, -0.2) is 4.39 Å². The van der Waals surface area contributed by atoms with Gasteiger partial charge in [-0.15, -0.1) is 0 Å². The molecule has 0 bridgehead atoms. The maximum absolute atomic E-state index is 13.6. The van der Waals surface area contributed by atoms with Gasteiger partial charge in [-0.2, -0.15) is 0 Å². The molecule has 0 saturated carbocycles. The first-order valence-corrected chi connectivity index (χ1v) is 12.0. The van der Waals surface area contributed by atoms with Crippen LogP contribution in [0.25, 0.3) is 0 Å². The summed E-state index contributed by atoms with van der Waals surface area (Å²) in [6.07, 6.45) is 0. The quantitative estimate of drug-likeness (QED) is 0.242. The second-order valence-electron chi connectivity index (χ2n) is 7.88. The van der Waals surface area contributed by atoms with E-state index in [0.29, 0.717) is 22.5 Å². The van der Waals surface area contributed by atoms with E-state index in [4.69, 9.17) is 0 Å². The first-order chi connectivity index (χ1) is 17.4. The molecule has 8 heteroatoms. The molecule has 1 atom stereocenters. The van der Waals surface area contributed by atoms with Gasteiger partial charge in [0.1, 0.15) is 5.82 Å². The van der Waals surface area contributed by atoms with Gasteiger partial charge in [0.15, 0.2) is 0 Å². The number of anilines is 3. The minimum absolute atomic E-state index is 0.227. The van der Waals surface area contributed by atoms with Crippen molar-refractivity contribution in [3.63, 3.8) is 0 Å². The molecule has 0 spiro atoms. The number of halogens is 1. The summed E-state index contributed by atoms with van der Waals surface area (Å²) in [7, 11) is 0. The van der Waals surface area contributed by atoms with E-state index < -0.39 is 23.5 Å². The third-order valence-corrected chi connectivity index (χ3v) is 6.13. The minimum atomic E-state index is -1.25. The van der Waals surface area contributed by atoms with Crippen LogP contribution in [0.15, 0.2) is 103 Å². The van der Waals surface area contributed by atoms with E-state index in [1.54, 1.807) is 54.6 Å². The van der Waals surface area contributed by atoms with E-state index in [-0.39, 0.29) is 11.6 Å². The monoisotopic (exact) mass is 541 g/mol. The molecular formula is C28H21AsFN3O3. The summed E-state index contributed by atoms with van der Waals surface area (Å²) < 4.78 is 14.5. The average molecular weight is 541 g/mol. The zero-order valence-corrected chi connectivity index (χ0v) is 20.8. The van der Waals surface area contributed by atoms with Gasteiger partial charge >= 0.3 is 152 Å². The summed E-state index contributed by atoms with van der Waals surface area (Å²) in [5, 5.41) is 8.19. The first-order valence-electron chi connectivity index (χ1n) is 11.0. The van der Waals surface area contributed by atoms with Gasteiger partial charge in [-0.05, 0) is 30.3 Å². The van der Waals surface area contributed by atoms with Gasteiger partial charge in [0, 0.05) is 0 Å². The van der Waals surface area contributed by atoms with Crippen molar-refractivity contribution in [2.45, 2.75) is 5.92 Å². The third-order valence-electron chi connectivity index (χ3n) is 5.32. The summed E-state index contributed by atoms with van der Waals surface area (Å²) in [6, 6.07) is 27.7. The predicted molar refractivity (Wildman–Crippen MR) is 139 cm³/mol. The van der Waals surface area contributed by atoms with Gasteiger partial charge in [0.05, 0.1) is 0 Å². The van der Waals surface area contributed by atoms with E-state index in [2.05, 4.69) is 32.8 Å². The summed E-state index contributed by atoms with van der Waals surface area (Å²) >= 11 is 2.39.